The largest absolute Gasteiger partial charge is 0.457 e. The van der Waals surface area contributed by atoms with Crippen molar-refractivity contribution < 1.29 is 19.1 Å². The molecule has 0 aromatic heterocycles. The summed E-state index contributed by atoms with van der Waals surface area (Å²) in [5.74, 6) is -1.02. The zero-order valence-electron chi connectivity index (χ0n) is 16.9. The number of esters is 1. The summed E-state index contributed by atoms with van der Waals surface area (Å²) in [5, 5.41) is 2.69. The average molecular weight is 381 g/mol. The highest BCUT2D eigenvalue weighted by atomic mass is 16.5. The molecule has 5 heteroatoms. The van der Waals surface area contributed by atoms with Gasteiger partial charge in [-0.3, -0.25) is 14.4 Å². The van der Waals surface area contributed by atoms with Crippen molar-refractivity contribution in [3.8, 4) is 0 Å². The van der Waals surface area contributed by atoms with Gasteiger partial charge in [0, 0.05) is 17.7 Å². The molecule has 0 unspecified atom stereocenters. The molecule has 0 heterocycles. The first-order valence-corrected chi connectivity index (χ1v) is 9.31. The molecule has 0 atom stereocenters. The standard InChI is InChI=1S/C23H27NO4/c1-16-5-7-17(8-6-16)20(25)15-28-21(26)13-14-24-22(27)18-9-11-19(12-10-18)23(2,3)4/h5-12H,13-15H2,1-4H3,(H,24,27). The predicted molar refractivity (Wildman–Crippen MR) is 109 cm³/mol. The monoisotopic (exact) mass is 381 g/mol. The fourth-order valence-electron chi connectivity index (χ4n) is 2.54. The maximum Gasteiger partial charge on any atom is 0.308 e. The number of carbonyl (C=O) groups excluding carboxylic acids is 3. The molecule has 1 amide bonds. The summed E-state index contributed by atoms with van der Waals surface area (Å²) in [6, 6.07) is 14.5. The van der Waals surface area contributed by atoms with Crippen molar-refractivity contribution in [2.45, 2.75) is 39.5 Å². The normalized spacial score (nSPS) is 11.0. The number of benzene rings is 2. The topological polar surface area (TPSA) is 72.5 Å². The van der Waals surface area contributed by atoms with Gasteiger partial charge in [0.05, 0.1) is 6.42 Å². The van der Waals surface area contributed by atoms with E-state index in [-0.39, 0.29) is 36.7 Å². The van der Waals surface area contributed by atoms with Crippen LogP contribution in [-0.4, -0.2) is 30.8 Å². The van der Waals surface area contributed by atoms with Crippen LogP contribution in [0.15, 0.2) is 48.5 Å². The highest BCUT2D eigenvalue weighted by molar-refractivity contribution is 5.98. The van der Waals surface area contributed by atoms with E-state index in [1.165, 1.54) is 0 Å². The minimum Gasteiger partial charge on any atom is -0.457 e. The zero-order chi connectivity index (χ0) is 20.7. The minimum absolute atomic E-state index is 0.00694. The molecule has 0 saturated carbocycles. The molecular formula is C23H27NO4. The highest BCUT2D eigenvalue weighted by Crippen LogP contribution is 2.22. The van der Waals surface area contributed by atoms with Crippen molar-refractivity contribution in [2.24, 2.45) is 0 Å². The van der Waals surface area contributed by atoms with Gasteiger partial charge in [0.15, 0.2) is 12.4 Å². The van der Waals surface area contributed by atoms with Gasteiger partial charge in [-0.05, 0) is 30.0 Å². The van der Waals surface area contributed by atoms with Crippen LogP contribution >= 0.6 is 0 Å². The lowest BCUT2D eigenvalue weighted by atomic mass is 9.87. The summed E-state index contributed by atoms with van der Waals surface area (Å²) in [6.07, 6.45) is 0.00694. The molecule has 0 aliphatic carbocycles. The number of carbonyl (C=O) groups is 3. The van der Waals surface area contributed by atoms with E-state index >= 15 is 0 Å². The molecule has 28 heavy (non-hydrogen) atoms. The molecule has 0 spiro atoms. The quantitative estimate of drug-likeness (QED) is 0.584. The van der Waals surface area contributed by atoms with E-state index in [1.807, 2.05) is 31.2 Å². The fourth-order valence-corrected chi connectivity index (χ4v) is 2.54. The Hall–Kier alpha value is -2.95. The van der Waals surface area contributed by atoms with Gasteiger partial charge in [-0.25, -0.2) is 0 Å². The number of nitrogens with one attached hydrogen (secondary N) is 1. The maximum absolute atomic E-state index is 12.1. The van der Waals surface area contributed by atoms with Crippen LogP contribution in [0.4, 0.5) is 0 Å². The van der Waals surface area contributed by atoms with Gasteiger partial charge >= 0.3 is 5.97 Å². The zero-order valence-corrected chi connectivity index (χ0v) is 16.9. The van der Waals surface area contributed by atoms with Crippen LogP contribution in [0.1, 0.15) is 59.0 Å². The number of hydrogen-bond donors (Lipinski definition) is 1. The van der Waals surface area contributed by atoms with E-state index in [0.29, 0.717) is 11.1 Å². The number of rotatable bonds is 7. The molecule has 5 nitrogen and oxygen atoms in total. The molecule has 0 radical (unpaired) electrons. The van der Waals surface area contributed by atoms with Gasteiger partial charge in [-0.1, -0.05) is 62.7 Å². The summed E-state index contributed by atoms with van der Waals surface area (Å²) in [6.45, 7) is 8.11. The van der Waals surface area contributed by atoms with Crippen LogP contribution in [0.3, 0.4) is 0 Å². The molecule has 0 aliphatic rings. The van der Waals surface area contributed by atoms with Crippen LogP contribution in [0, 0.1) is 6.92 Å². The van der Waals surface area contributed by atoms with Crippen LogP contribution in [0.5, 0.6) is 0 Å². The van der Waals surface area contributed by atoms with Gasteiger partial charge in [-0.15, -0.1) is 0 Å². The van der Waals surface area contributed by atoms with Crippen LogP contribution in [-0.2, 0) is 14.9 Å². The number of ether oxygens (including phenoxy) is 1. The molecule has 0 aliphatic heterocycles. The van der Waals surface area contributed by atoms with E-state index in [9.17, 15) is 14.4 Å². The van der Waals surface area contributed by atoms with Crippen molar-refractivity contribution in [1.29, 1.82) is 0 Å². The second-order valence-corrected chi connectivity index (χ2v) is 7.78. The summed E-state index contributed by atoms with van der Waals surface area (Å²) >= 11 is 0. The van der Waals surface area contributed by atoms with Crippen molar-refractivity contribution in [3.63, 3.8) is 0 Å². The number of aryl methyl sites for hydroxylation is 1. The molecule has 0 bridgehead atoms. The lowest BCUT2D eigenvalue weighted by Gasteiger charge is -2.19. The molecule has 2 rings (SSSR count). The van der Waals surface area contributed by atoms with Crippen LogP contribution in [0.2, 0.25) is 0 Å². The highest BCUT2D eigenvalue weighted by Gasteiger charge is 2.15. The van der Waals surface area contributed by atoms with Gasteiger partial charge in [0.2, 0.25) is 0 Å². The number of amides is 1. The van der Waals surface area contributed by atoms with E-state index < -0.39 is 5.97 Å². The van der Waals surface area contributed by atoms with Crippen molar-refractivity contribution in [3.05, 3.63) is 70.8 Å². The smallest absolute Gasteiger partial charge is 0.308 e. The predicted octanol–water partition coefficient (Wildman–Crippen LogP) is 3.84. The summed E-state index contributed by atoms with van der Waals surface area (Å²) in [5.41, 5.74) is 3.26. The van der Waals surface area contributed by atoms with Gasteiger partial charge in [0.25, 0.3) is 5.91 Å². The third-order valence-electron chi connectivity index (χ3n) is 4.37. The van der Waals surface area contributed by atoms with Gasteiger partial charge in [-0.2, -0.15) is 0 Å². The summed E-state index contributed by atoms with van der Waals surface area (Å²) in [7, 11) is 0. The van der Waals surface area contributed by atoms with Crippen LogP contribution in [0.25, 0.3) is 0 Å². The van der Waals surface area contributed by atoms with Gasteiger partial charge in [0.1, 0.15) is 0 Å². The Balaban J connectivity index is 1.73. The molecular weight excluding hydrogens is 354 g/mol. The summed E-state index contributed by atoms with van der Waals surface area (Å²) in [4.78, 5) is 35.9. The van der Waals surface area contributed by atoms with E-state index in [1.54, 1.807) is 24.3 Å². The Morgan fingerprint density at radius 2 is 1.46 bits per heavy atom. The molecule has 148 valence electrons. The first kappa shape index (κ1) is 21.4. The lowest BCUT2D eigenvalue weighted by Crippen LogP contribution is -2.27. The van der Waals surface area contributed by atoms with Gasteiger partial charge < -0.3 is 10.1 Å². The summed E-state index contributed by atoms with van der Waals surface area (Å²) < 4.78 is 4.99. The van der Waals surface area contributed by atoms with Crippen LogP contribution < -0.4 is 5.32 Å². The Bertz CT molecular complexity index is 830. The lowest BCUT2D eigenvalue weighted by molar-refractivity contribution is -0.142. The first-order valence-electron chi connectivity index (χ1n) is 9.31. The average Bonchev–Trinajstić information content (AvgIpc) is 2.66. The van der Waals surface area contributed by atoms with Crippen molar-refractivity contribution >= 4 is 17.7 Å². The fraction of sp³-hybridized carbons (Fsp3) is 0.348. The Morgan fingerprint density at radius 3 is 2.04 bits per heavy atom. The van der Waals surface area contributed by atoms with Crippen molar-refractivity contribution in [1.82, 2.24) is 5.32 Å². The minimum atomic E-state index is -0.524. The van der Waals surface area contributed by atoms with Crippen molar-refractivity contribution in [2.75, 3.05) is 13.2 Å². The molecule has 0 saturated heterocycles. The molecule has 2 aromatic rings. The third kappa shape index (κ3) is 6.34. The second-order valence-electron chi connectivity index (χ2n) is 7.78. The number of ketones is 1. The number of Topliss-reactive ketones (excluding diaryl/α,β-unsaturated/α-hetero) is 1. The number of hydrogen-bond acceptors (Lipinski definition) is 4. The SMILES string of the molecule is Cc1ccc(C(=O)COC(=O)CCNC(=O)c2ccc(C(C)(C)C)cc2)cc1. The maximum atomic E-state index is 12.1. The first-order chi connectivity index (χ1) is 13.2. The van der Waals surface area contributed by atoms with E-state index in [2.05, 4.69) is 26.1 Å². The Kier molecular flexibility index (Phi) is 7.10. The van der Waals surface area contributed by atoms with E-state index in [4.69, 9.17) is 4.74 Å². The Morgan fingerprint density at radius 1 is 0.893 bits per heavy atom. The molecule has 2 aromatic carbocycles. The second kappa shape index (κ2) is 9.31. The Labute approximate surface area is 166 Å². The van der Waals surface area contributed by atoms with E-state index in [0.717, 1.165) is 11.1 Å². The molecule has 0 fully saturated rings. The third-order valence-corrected chi connectivity index (χ3v) is 4.37. The molecule has 1 N–H and O–H groups in total.